The van der Waals surface area contributed by atoms with Gasteiger partial charge in [-0.05, 0) is 29.1 Å². The normalized spacial score (nSPS) is 28.7. The number of hydrogen-bond acceptors (Lipinski definition) is 5. The second-order valence-corrected chi connectivity index (χ2v) is 4.98. The Morgan fingerprint density at radius 1 is 1.43 bits per heavy atom. The molecule has 4 unspecified atom stereocenters. The quantitative estimate of drug-likeness (QED) is 0.511. The molecule has 21 heavy (non-hydrogen) atoms. The van der Waals surface area contributed by atoms with E-state index in [1.165, 1.54) is 0 Å². The van der Waals surface area contributed by atoms with E-state index in [-0.39, 0.29) is 18.6 Å². The number of benzene rings is 1. The van der Waals surface area contributed by atoms with Gasteiger partial charge >= 0.3 is 0 Å². The fourth-order valence-corrected chi connectivity index (χ4v) is 2.27. The van der Waals surface area contributed by atoms with Crippen molar-refractivity contribution in [3.63, 3.8) is 0 Å². The highest BCUT2D eigenvalue weighted by Gasteiger charge is 2.36. The summed E-state index contributed by atoms with van der Waals surface area (Å²) in [5.41, 5.74) is 9.55. The summed E-state index contributed by atoms with van der Waals surface area (Å²) in [6, 6.07) is 6.95. The molecule has 0 bridgehead atoms. The Morgan fingerprint density at radius 3 is 2.76 bits per heavy atom. The van der Waals surface area contributed by atoms with Crippen LogP contribution in [0.5, 0.6) is 5.75 Å². The summed E-state index contributed by atoms with van der Waals surface area (Å²) in [4.78, 5) is 2.75. The Morgan fingerprint density at radius 2 is 2.14 bits per heavy atom. The molecule has 1 aliphatic heterocycles. The van der Waals surface area contributed by atoms with Crippen LogP contribution in [0.3, 0.4) is 0 Å². The fraction of sp³-hybridized carbons (Fsp3) is 0.571. The average molecular weight is 293 g/mol. The summed E-state index contributed by atoms with van der Waals surface area (Å²) >= 11 is 0. The van der Waals surface area contributed by atoms with Gasteiger partial charge in [0.2, 0.25) is 0 Å². The Kier molecular flexibility index (Phi) is 5.41. The SMILES string of the molecule is COc1ccc(COC2COC(O)C(N=[N+]=[N-])C2C)cc1. The predicted molar refractivity (Wildman–Crippen MR) is 75.6 cm³/mol. The van der Waals surface area contributed by atoms with Crippen molar-refractivity contribution < 1.29 is 19.3 Å². The highest BCUT2D eigenvalue weighted by atomic mass is 16.6. The van der Waals surface area contributed by atoms with Crippen molar-refractivity contribution in [2.75, 3.05) is 13.7 Å². The number of hydrogen-bond donors (Lipinski definition) is 1. The van der Waals surface area contributed by atoms with E-state index in [0.29, 0.717) is 6.61 Å². The molecule has 1 heterocycles. The van der Waals surface area contributed by atoms with E-state index in [4.69, 9.17) is 19.7 Å². The van der Waals surface area contributed by atoms with Crippen LogP contribution in [0.25, 0.3) is 10.4 Å². The first-order valence-electron chi connectivity index (χ1n) is 6.74. The number of azide groups is 1. The molecule has 7 heteroatoms. The van der Waals surface area contributed by atoms with Crippen molar-refractivity contribution in [2.45, 2.75) is 32.0 Å². The zero-order valence-corrected chi connectivity index (χ0v) is 12.0. The van der Waals surface area contributed by atoms with Crippen molar-refractivity contribution in [1.82, 2.24) is 0 Å². The van der Waals surface area contributed by atoms with Gasteiger partial charge in [0.25, 0.3) is 0 Å². The molecule has 1 aliphatic rings. The summed E-state index contributed by atoms with van der Waals surface area (Å²) in [6.45, 7) is 2.57. The van der Waals surface area contributed by atoms with Gasteiger partial charge in [-0.3, -0.25) is 0 Å². The summed E-state index contributed by atoms with van der Waals surface area (Å²) in [7, 11) is 1.62. The lowest BCUT2D eigenvalue weighted by Crippen LogP contribution is -2.47. The molecular formula is C14H19N3O4. The lowest BCUT2D eigenvalue weighted by molar-refractivity contribution is -0.198. The monoisotopic (exact) mass is 293 g/mol. The molecular weight excluding hydrogens is 274 g/mol. The van der Waals surface area contributed by atoms with Gasteiger partial charge in [0.15, 0.2) is 6.29 Å². The zero-order valence-electron chi connectivity index (χ0n) is 12.0. The minimum atomic E-state index is -1.07. The highest BCUT2D eigenvalue weighted by Crippen LogP contribution is 2.26. The standard InChI is InChI=1S/C14H19N3O4/c1-9-12(8-21-14(18)13(9)16-17-15)20-7-10-3-5-11(19-2)6-4-10/h3-6,9,12-14,18H,7-8H2,1-2H3. The largest absolute Gasteiger partial charge is 0.497 e. The zero-order chi connectivity index (χ0) is 15.2. The third kappa shape index (κ3) is 3.86. The molecule has 0 aliphatic carbocycles. The topological polar surface area (TPSA) is 96.7 Å². The Labute approximate surface area is 123 Å². The van der Waals surface area contributed by atoms with E-state index in [1.54, 1.807) is 7.11 Å². The maximum atomic E-state index is 9.67. The number of methoxy groups -OCH3 is 1. The van der Waals surface area contributed by atoms with Gasteiger partial charge < -0.3 is 19.3 Å². The predicted octanol–water partition coefficient (Wildman–Crippen LogP) is 2.24. The van der Waals surface area contributed by atoms with Crippen molar-refractivity contribution >= 4 is 0 Å². The van der Waals surface area contributed by atoms with E-state index >= 15 is 0 Å². The lowest BCUT2D eigenvalue weighted by Gasteiger charge is -2.36. The van der Waals surface area contributed by atoms with Crippen molar-refractivity contribution in [3.8, 4) is 5.75 Å². The van der Waals surface area contributed by atoms with E-state index in [1.807, 2.05) is 31.2 Å². The first kappa shape index (κ1) is 15.6. The molecule has 4 atom stereocenters. The van der Waals surface area contributed by atoms with E-state index in [9.17, 15) is 5.11 Å². The molecule has 1 aromatic rings. The summed E-state index contributed by atoms with van der Waals surface area (Å²) < 4.78 is 16.1. The van der Waals surface area contributed by atoms with E-state index in [0.717, 1.165) is 11.3 Å². The van der Waals surface area contributed by atoms with Crippen LogP contribution in [-0.2, 0) is 16.1 Å². The molecule has 2 rings (SSSR count). The molecule has 1 fully saturated rings. The van der Waals surface area contributed by atoms with Crippen LogP contribution in [0, 0.1) is 5.92 Å². The number of aliphatic hydroxyl groups is 1. The number of aliphatic hydroxyl groups excluding tert-OH is 1. The van der Waals surface area contributed by atoms with Crippen LogP contribution in [-0.4, -0.2) is 37.3 Å². The Bertz CT molecular complexity index is 501. The minimum absolute atomic E-state index is 0.122. The minimum Gasteiger partial charge on any atom is -0.497 e. The smallest absolute Gasteiger partial charge is 0.163 e. The van der Waals surface area contributed by atoms with Crippen LogP contribution >= 0.6 is 0 Å². The highest BCUT2D eigenvalue weighted by molar-refractivity contribution is 5.26. The molecule has 0 saturated carbocycles. The first-order valence-corrected chi connectivity index (χ1v) is 6.74. The molecule has 1 saturated heterocycles. The van der Waals surface area contributed by atoms with E-state index in [2.05, 4.69) is 10.0 Å². The molecule has 1 aromatic carbocycles. The average Bonchev–Trinajstić information content (AvgIpc) is 2.51. The van der Waals surface area contributed by atoms with E-state index < -0.39 is 12.3 Å². The van der Waals surface area contributed by atoms with Gasteiger partial charge in [0.05, 0.1) is 32.5 Å². The number of rotatable bonds is 5. The van der Waals surface area contributed by atoms with Crippen LogP contribution < -0.4 is 4.74 Å². The van der Waals surface area contributed by atoms with Crippen molar-refractivity contribution in [2.24, 2.45) is 11.0 Å². The Balaban J connectivity index is 1.94. The van der Waals surface area contributed by atoms with Crippen LogP contribution in [0.1, 0.15) is 12.5 Å². The second kappa shape index (κ2) is 7.28. The molecule has 0 amide bonds. The maximum absolute atomic E-state index is 9.67. The molecule has 7 nitrogen and oxygen atoms in total. The summed E-state index contributed by atoms with van der Waals surface area (Å²) in [6.07, 6.45) is -1.30. The summed E-state index contributed by atoms with van der Waals surface area (Å²) in [5.74, 6) is 0.669. The van der Waals surface area contributed by atoms with Crippen LogP contribution in [0.4, 0.5) is 0 Å². The van der Waals surface area contributed by atoms with Gasteiger partial charge in [0, 0.05) is 4.91 Å². The number of ether oxygens (including phenoxy) is 3. The second-order valence-electron chi connectivity index (χ2n) is 4.98. The van der Waals surface area contributed by atoms with Gasteiger partial charge in [0.1, 0.15) is 5.75 Å². The van der Waals surface area contributed by atoms with Crippen molar-refractivity contribution in [3.05, 3.63) is 40.3 Å². The molecule has 0 spiro atoms. The van der Waals surface area contributed by atoms with Crippen LogP contribution in [0.2, 0.25) is 0 Å². The van der Waals surface area contributed by atoms with Gasteiger partial charge in [-0.2, -0.15) is 0 Å². The van der Waals surface area contributed by atoms with Gasteiger partial charge in [-0.25, -0.2) is 0 Å². The number of nitrogens with zero attached hydrogens (tertiary/aromatic N) is 3. The first-order chi connectivity index (χ1) is 10.2. The maximum Gasteiger partial charge on any atom is 0.163 e. The van der Waals surface area contributed by atoms with Crippen molar-refractivity contribution in [1.29, 1.82) is 0 Å². The van der Waals surface area contributed by atoms with Gasteiger partial charge in [-0.15, -0.1) is 0 Å². The third-order valence-electron chi connectivity index (χ3n) is 3.66. The molecule has 1 N–H and O–H groups in total. The lowest BCUT2D eigenvalue weighted by atomic mass is 9.93. The fourth-order valence-electron chi connectivity index (χ4n) is 2.27. The molecule has 0 aromatic heterocycles. The third-order valence-corrected chi connectivity index (χ3v) is 3.66. The van der Waals surface area contributed by atoms with Crippen LogP contribution in [0.15, 0.2) is 29.4 Å². The Hall–Kier alpha value is -1.79. The molecule has 114 valence electrons. The molecule has 0 radical (unpaired) electrons. The summed E-state index contributed by atoms with van der Waals surface area (Å²) in [5, 5.41) is 13.3. The van der Waals surface area contributed by atoms with Gasteiger partial charge in [-0.1, -0.05) is 24.2 Å².